The van der Waals surface area contributed by atoms with Gasteiger partial charge in [-0.3, -0.25) is 13.9 Å². The minimum Gasteiger partial charge on any atom is -0.341 e. The second kappa shape index (κ2) is 8.25. The minimum atomic E-state index is -0.156. The fourth-order valence-electron chi connectivity index (χ4n) is 3.51. The molecule has 1 heterocycles. The lowest BCUT2D eigenvalue weighted by atomic mass is 10.1. The van der Waals surface area contributed by atoms with Crippen molar-refractivity contribution in [2.75, 3.05) is 13.1 Å². The van der Waals surface area contributed by atoms with Gasteiger partial charge in [-0.25, -0.2) is 4.79 Å². The van der Waals surface area contributed by atoms with Crippen LogP contribution in [0.3, 0.4) is 0 Å². The van der Waals surface area contributed by atoms with Gasteiger partial charge in [-0.2, -0.15) is 0 Å². The fraction of sp³-hybridized carbons (Fsp3) is 0.364. The number of nitrogens with zero attached hydrogens (tertiary/aromatic N) is 3. The largest absolute Gasteiger partial charge is 0.341 e. The van der Waals surface area contributed by atoms with E-state index in [1.54, 1.807) is 16.2 Å². The smallest absolute Gasteiger partial charge is 0.329 e. The van der Waals surface area contributed by atoms with Crippen molar-refractivity contribution >= 4 is 16.9 Å². The zero-order valence-corrected chi connectivity index (χ0v) is 16.3. The Balaban J connectivity index is 2.02. The van der Waals surface area contributed by atoms with Crippen LogP contribution in [0.4, 0.5) is 0 Å². The number of hydrogen-bond acceptors (Lipinski definition) is 2. The van der Waals surface area contributed by atoms with E-state index in [2.05, 4.69) is 13.8 Å². The van der Waals surface area contributed by atoms with Crippen LogP contribution in [0.2, 0.25) is 0 Å². The van der Waals surface area contributed by atoms with E-state index in [4.69, 9.17) is 0 Å². The standard InChI is InChI=1S/C22H27N3O2/c1-4-13-24(14-5-2)21(26)16-25-20-15-18(17-9-7-6-8-10-17)11-12-19(20)23(3)22(25)27/h6-12,15H,4-5,13-14,16H2,1-3H3. The molecule has 0 atom stereocenters. The zero-order valence-electron chi connectivity index (χ0n) is 16.3. The van der Waals surface area contributed by atoms with E-state index < -0.39 is 0 Å². The summed E-state index contributed by atoms with van der Waals surface area (Å²) in [5, 5.41) is 0. The maximum absolute atomic E-state index is 12.8. The van der Waals surface area contributed by atoms with Crippen molar-refractivity contribution in [3.8, 4) is 11.1 Å². The quantitative estimate of drug-likeness (QED) is 0.641. The minimum absolute atomic E-state index is 0.00147. The molecule has 1 aromatic heterocycles. The molecular weight excluding hydrogens is 338 g/mol. The summed E-state index contributed by atoms with van der Waals surface area (Å²) in [6, 6.07) is 16.0. The molecular formula is C22H27N3O2. The molecule has 142 valence electrons. The monoisotopic (exact) mass is 365 g/mol. The summed E-state index contributed by atoms with van der Waals surface area (Å²) in [6.45, 7) is 5.65. The first-order valence-electron chi connectivity index (χ1n) is 9.59. The lowest BCUT2D eigenvalue weighted by Crippen LogP contribution is -2.37. The van der Waals surface area contributed by atoms with E-state index >= 15 is 0 Å². The van der Waals surface area contributed by atoms with E-state index in [0.717, 1.165) is 48.1 Å². The van der Waals surface area contributed by atoms with Crippen LogP contribution in [0.25, 0.3) is 22.2 Å². The van der Waals surface area contributed by atoms with Crippen molar-refractivity contribution in [1.82, 2.24) is 14.0 Å². The van der Waals surface area contributed by atoms with Gasteiger partial charge in [0, 0.05) is 20.1 Å². The molecule has 27 heavy (non-hydrogen) atoms. The fourth-order valence-corrected chi connectivity index (χ4v) is 3.51. The summed E-state index contributed by atoms with van der Waals surface area (Å²) in [4.78, 5) is 27.4. The van der Waals surface area contributed by atoms with Crippen molar-refractivity contribution < 1.29 is 4.79 Å². The molecule has 0 bridgehead atoms. The molecule has 0 N–H and O–H groups in total. The highest BCUT2D eigenvalue weighted by molar-refractivity contribution is 5.85. The Morgan fingerprint density at radius 2 is 1.59 bits per heavy atom. The molecule has 1 amide bonds. The van der Waals surface area contributed by atoms with Crippen molar-refractivity contribution in [3.05, 3.63) is 59.0 Å². The van der Waals surface area contributed by atoms with Gasteiger partial charge in [-0.15, -0.1) is 0 Å². The normalized spacial score (nSPS) is 11.1. The van der Waals surface area contributed by atoms with Crippen molar-refractivity contribution in [2.24, 2.45) is 7.05 Å². The van der Waals surface area contributed by atoms with Gasteiger partial charge in [0.1, 0.15) is 6.54 Å². The average molecular weight is 365 g/mol. The van der Waals surface area contributed by atoms with Crippen LogP contribution in [0, 0.1) is 0 Å². The first kappa shape index (κ1) is 19.0. The summed E-state index contributed by atoms with van der Waals surface area (Å²) in [6.07, 6.45) is 1.82. The molecule has 0 spiro atoms. The maximum atomic E-state index is 12.8. The van der Waals surface area contributed by atoms with Crippen LogP contribution in [-0.4, -0.2) is 33.0 Å². The molecule has 0 radical (unpaired) electrons. The number of fused-ring (bicyclic) bond motifs is 1. The summed E-state index contributed by atoms with van der Waals surface area (Å²) in [7, 11) is 1.75. The Morgan fingerprint density at radius 1 is 0.926 bits per heavy atom. The summed E-state index contributed by atoms with van der Waals surface area (Å²) >= 11 is 0. The molecule has 3 aromatic rings. The van der Waals surface area contributed by atoms with Gasteiger partial charge in [0.2, 0.25) is 5.91 Å². The van der Waals surface area contributed by atoms with Gasteiger partial charge >= 0.3 is 5.69 Å². The molecule has 5 heteroatoms. The number of aromatic nitrogens is 2. The van der Waals surface area contributed by atoms with Crippen LogP contribution in [0.5, 0.6) is 0 Å². The number of rotatable bonds is 7. The van der Waals surface area contributed by atoms with E-state index in [-0.39, 0.29) is 18.1 Å². The van der Waals surface area contributed by atoms with E-state index in [0.29, 0.717) is 0 Å². The highest BCUT2D eigenvalue weighted by Gasteiger charge is 2.18. The van der Waals surface area contributed by atoms with Crippen molar-refractivity contribution in [3.63, 3.8) is 0 Å². The predicted molar refractivity (Wildman–Crippen MR) is 110 cm³/mol. The summed E-state index contributed by atoms with van der Waals surface area (Å²) < 4.78 is 3.21. The second-order valence-electron chi connectivity index (χ2n) is 6.88. The second-order valence-corrected chi connectivity index (χ2v) is 6.88. The Labute approximate surface area is 159 Å². The number of carbonyl (C=O) groups excluding carboxylic acids is 1. The van der Waals surface area contributed by atoms with Gasteiger partial charge in [0.25, 0.3) is 0 Å². The molecule has 0 saturated carbocycles. The summed E-state index contributed by atoms with van der Waals surface area (Å²) in [5.74, 6) is -0.00147. The van der Waals surface area contributed by atoms with Crippen molar-refractivity contribution in [1.29, 1.82) is 0 Å². The number of carbonyl (C=O) groups is 1. The number of amides is 1. The van der Waals surface area contributed by atoms with Gasteiger partial charge < -0.3 is 4.90 Å². The van der Waals surface area contributed by atoms with Crippen LogP contribution in [0.15, 0.2) is 53.3 Å². The van der Waals surface area contributed by atoms with E-state index in [1.165, 1.54) is 0 Å². The first-order chi connectivity index (χ1) is 13.1. The van der Waals surface area contributed by atoms with Gasteiger partial charge in [-0.05, 0) is 36.1 Å². The third kappa shape index (κ3) is 3.82. The van der Waals surface area contributed by atoms with E-state index in [1.807, 2.05) is 53.4 Å². The average Bonchev–Trinajstić information content (AvgIpc) is 2.93. The van der Waals surface area contributed by atoms with Gasteiger partial charge in [-0.1, -0.05) is 50.2 Å². The topological polar surface area (TPSA) is 47.2 Å². The number of benzene rings is 2. The molecule has 0 fully saturated rings. The molecule has 0 unspecified atom stereocenters. The van der Waals surface area contributed by atoms with Crippen molar-refractivity contribution in [2.45, 2.75) is 33.2 Å². The SMILES string of the molecule is CCCN(CCC)C(=O)Cn1c(=O)n(C)c2ccc(-c3ccccc3)cc21. The summed E-state index contributed by atoms with van der Waals surface area (Å²) in [5.41, 5.74) is 3.60. The number of aryl methyl sites for hydroxylation is 1. The predicted octanol–water partition coefficient (Wildman–Crippen LogP) is 3.66. The Bertz CT molecular complexity index is 980. The molecule has 0 aliphatic rings. The highest BCUT2D eigenvalue weighted by atomic mass is 16.2. The van der Waals surface area contributed by atoms with E-state index in [9.17, 15) is 9.59 Å². The lowest BCUT2D eigenvalue weighted by Gasteiger charge is -2.21. The first-order valence-corrected chi connectivity index (χ1v) is 9.59. The van der Waals surface area contributed by atoms with Gasteiger partial charge in [0.15, 0.2) is 0 Å². The lowest BCUT2D eigenvalue weighted by molar-refractivity contribution is -0.131. The molecule has 3 rings (SSSR count). The van der Waals surface area contributed by atoms with Crippen LogP contribution < -0.4 is 5.69 Å². The van der Waals surface area contributed by atoms with Crippen LogP contribution in [-0.2, 0) is 18.4 Å². The Morgan fingerprint density at radius 3 is 2.22 bits per heavy atom. The third-order valence-corrected chi connectivity index (χ3v) is 4.89. The maximum Gasteiger partial charge on any atom is 0.329 e. The molecule has 0 aliphatic carbocycles. The zero-order chi connectivity index (χ0) is 19.4. The van der Waals surface area contributed by atoms with Gasteiger partial charge in [0.05, 0.1) is 11.0 Å². The third-order valence-electron chi connectivity index (χ3n) is 4.89. The Kier molecular flexibility index (Phi) is 5.79. The number of hydrogen-bond donors (Lipinski definition) is 0. The number of imidazole rings is 1. The molecule has 5 nitrogen and oxygen atoms in total. The Hall–Kier alpha value is -2.82. The highest BCUT2D eigenvalue weighted by Crippen LogP contribution is 2.24. The molecule has 0 saturated heterocycles. The molecule has 2 aromatic carbocycles. The van der Waals surface area contributed by atoms with Crippen LogP contribution in [0.1, 0.15) is 26.7 Å². The van der Waals surface area contributed by atoms with Crippen LogP contribution >= 0.6 is 0 Å². The molecule has 0 aliphatic heterocycles.